The van der Waals surface area contributed by atoms with Crippen molar-refractivity contribution in [3.05, 3.63) is 64.8 Å². The van der Waals surface area contributed by atoms with Gasteiger partial charge in [0.25, 0.3) is 0 Å². The van der Waals surface area contributed by atoms with Crippen molar-refractivity contribution in [3.63, 3.8) is 0 Å². The number of fused-ring (bicyclic) bond motifs is 3. The van der Waals surface area contributed by atoms with Gasteiger partial charge in [0.1, 0.15) is 17.0 Å². The number of anilines is 1. The Labute approximate surface area is 181 Å². The van der Waals surface area contributed by atoms with Crippen molar-refractivity contribution in [2.45, 2.75) is 32.5 Å². The van der Waals surface area contributed by atoms with Gasteiger partial charge in [-0.15, -0.1) is 11.3 Å². The first-order chi connectivity index (χ1) is 14.6. The Morgan fingerprint density at radius 2 is 2.07 bits per heavy atom. The van der Waals surface area contributed by atoms with Crippen LogP contribution in [0.3, 0.4) is 0 Å². The van der Waals surface area contributed by atoms with E-state index in [2.05, 4.69) is 46.5 Å². The largest absolute Gasteiger partial charge is 0.363 e. The molecule has 1 atom stereocenters. The molecule has 1 aromatic carbocycles. The molecule has 30 heavy (non-hydrogen) atoms. The van der Waals surface area contributed by atoms with Crippen LogP contribution in [0.4, 0.5) is 5.82 Å². The molecule has 156 valence electrons. The monoisotopic (exact) mass is 421 g/mol. The van der Waals surface area contributed by atoms with Gasteiger partial charge in [-0.25, -0.2) is 9.97 Å². The lowest BCUT2D eigenvalue weighted by atomic mass is 10.0. The number of carbonyl (C=O) groups is 1. The fraction of sp³-hybridized carbons (Fsp3) is 0.348. The molecule has 3 aromatic rings. The van der Waals surface area contributed by atoms with Crippen molar-refractivity contribution >= 4 is 33.3 Å². The number of rotatable bonds is 7. The third-order valence-electron chi connectivity index (χ3n) is 5.32. The van der Waals surface area contributed by atoms with Crippen LogP contribution < -0.4 is 5.32 Å². The van der Waals surface area contributed by atoms with E-state index < -0.39 is 0 Å². The van der Waals surface area contributed by atoms with Crippen molar-refractivity contribution < 1.29 is 4.79 Å². The van der Waals surface area contributed by atoms with Crippen LogP contribution in [-0.4, -0.2) is 46.3 Å². The van der Waals surface area contributed by atoms with Crippen molar-refractivity contribution in [2.75, 3.05) is 26.0 Å². The molecule has 4 rings (SSSR count). The van der Waals surface area contributed by atoms with E-state index in [1.54, 1.807) is 23.7 Å². The van der Waals surface area contributed by atoms with Crippen molar-refractivity contribution in [2.24, 2.45) is 0 Å². The fourth-order valence-electron chi connectivity index (χ4n) is 3.76. The Balaban J connectivity index is 1.58. The van der Waals surface area contributed by atoms with E-state index in [0.717, 1.165) is 29.0 Å². The average molecular weight is 422 g/mol. The highest BCUT2D eigenvalue weighted by atomic mass is 32.1. The number of hydrogen-bond acceptors (Lipinski definition) is 6. The summed E-state index contributed by atoms with van der Waals surface area (Å²) in [5, 5.41) is 4.68. The summed E-state index contributed by atoms with van der Waals surface area (Å²) in [7, 11) is 3.98. The number of nitrogens with one attached hydrogen (secondary N) is 1. The molecule has 6 nitrogen and oxygen atoms in total. The molecule has 0 radical (unpaired) electrons. The zero-order valence-corrected chi connectivity index (χ0v) is 18.4. The number of nitrogens with zero attached hydrogens (tertiary/aromatic N) is 4. The van der Waals surface area contributed by atoms with Crippen molar-refractivity contribution in [1.82, 2.24) is 19.8 Å². The van der Waals surface area contributed by atoms with Gasteiger partial charge in [0.15, 0.2) is 0 Å². The second-order valence-corrected chi connectivity index (χ2v) is 8.86. The second-order valence-electron chi connectivity index (χ2n) is 7.78. The van der Waals surface area contributed by atoms with Gasteiger partial charge < -0.3 is 15.1 Å². The summed E-state index contributed by atoms with van der Waals surface area (Å²) in [6, 6.07) is 10.6. The highest BCUT2D eigenvalue weighted by Gasteiger charge is 2.28. The van der Waals surface area contributed by atoms with Gasteiger partial charge in [-0.1, -0.05) is 43.3 Å². The Morgan fingerprint density at radius 1 is 1.27 bits per heavy atom. The van der Waals surface area contributed by atoms with Crippen LogP contribution in [0.2, 0.25) is 0 Å². The highest BCUT2D eigenvalue weighted by molar-refractivity contribution is 7.19. The number of benzene rings is 1. The molecule has 2 aromatic heterocycles. The van der Waals surface area contributed by atoms with Crippen molar-refractivity contribution in [1.29, 1.82) is 0 Å². The first-order valence-electron chi connectivity index (χ1n) is 10.2. The van der Waals surface area contributed by atoms with Gasteiger partial charge in [-0.05, 0) is 26.1 Å². The number of amides is 1. The summed E-state index contributed by atoms with van der Waals surface area (Å²) >= 11 is 1.66. The Hall–Kier alpha value is -2.77. The number of likely N-dealkylation sites (N-methyl/N-ethyl adjacent to an activating group) is 1. The maximum atomic E-state index is 12.6. The molecule has 1 amide bonds. The zero-order valence-electron chi connectivity index (χ0n) is 17.6. The van der Waals surface area contributed by atoms with Gasteiger partial charge in [0.2, 0.25) is 5.91 Å². The topological polar surface area (TPSA) is 61.4 Å². The molecule has 0 saturated carbocycles. The first kappa shape index (κ1) is 20.5. The summed E-state index contributed by atoms with van der Waals surface area (Å²) in [4.78, 5) is 27.8. The molecule has 3 heterocycles. The molecule has 1 N–H and O–H groups in total. The lowest BCUT2D eigenvalue weighted by molar-refractivity contribution is -0.126. The molecular weight excluding hydrogens is 394 g/mol. The minimum atomic E-state index is 0.0514. The normalized spacial score (nSPS) is 14.6. The van der Waals surface area contributed by atoms with E-state index in [9.17, 15) is 4.79 Å². The summed E-state index contributed by atoms with van der Waals surface area (Å²) in [6.07, 6.45) is 6.16. The number of hydrogen-bond donors (Lipinski definition) is 1. The Kier molecular flexibility index (Phi) is 6.11. The molecule has 1 aliphatic heterocycles. The van der Waals surface area contributed by atoms with E-state index in [0.29, 0.717) is 13.1 Å². The SMILES string of the molecule is CCC(Nc1ncnc2sc3c(c12)CN(C(=O)C=CCN(C)C)C3)c1ccccc1. The lowest BCUT2D eigenvalue weighted by Crippen LogP contribution is -2.23. The van der Waals surface area contributed by atoms with Gasteiger partial charge >= 0.3 is 0 Å². The van der Waals surface area contributed by atoms with E-state index in [-0.39, 0.29) is 11.9 Å². The minimum Gasteiger partial charge on any atom is -0.363 e. The summed E-state index contributed by atoms with van der Waals surface area (Å²) < 4.78 is 0. The third-order valence-corrected chi connectivity index (χ3v) is 6.44. The van der Waals surface area contributed by atoms with Crippen LogP contribution in [0.5, 0.6) is 0 Å². The van der Waals surface area contributed by atoms with Crippen LogP contribution in [0.25, 0.3) is 10.2 Å². The number of thiophene rings is 1. The lowest BCUT2D eigenvalue weighted by Gasteiger charge is -2.19. The third kappa shape index (κ3) is 4.22. The van der Waals surface area contributed by atoms with Crippen LogP contribution in [-0.2, 0) is 17.9 Å². The van der Waals surface area contributed by atoms with Crippen LogP contribution in [0, 0.1) is 0 Å². The first-order valence-corrected chi connectivity index (χ1v) is 11.0. The number of aromatic nitrogens is 2. The Morgan fingerprint density at radius 3 is 2.80 bits per heavy atom. The maximum Gasteiger partial charge on any atom is 0.246 e. The van der Waals surface area contributed by atoms with E-state index >= 15 is 0 Å². The van der Waals surface area contributed by atoms with Gasteiger partial charge in [0, 0.05) is 29.6 Å². The molecule has 0 aliphatic carbocycles. The summed E-state index contributed by atoms with van der Waals surface area (Å²) in [6.45, 7) is 4.16. The van der Waals surface area contributed by atoms with Crippen LogP contribution in [0.1, 0.15) is 35.4 Å². The maximum absolute atomic E-state index is 12.6. The van der Waals surface area contributed by atoms with E-state index in [1.165, 1.54) is 16.0 Å². The van der Waals surface area contributed by atoms with Crippen LogP contribution in [0.15, 0.2) is 48.8 Å². The van der Waals surface area contributed by atoms with Gasteiger partial charge in [-0.2, -0.15) is 0 Å². The van der Waals surface area contributed by atoms with Crippen molar-refractivity contribution in [3.8, 4) is 0 Å². The zero-order chi connectivity index (χ0) is 21.1. The van der Waals surface area contributed by atoms with Gasteiger partial charge in [0.05, 0.1) is 18.0 Å². The smallest absolute Gasteiger partial charge is 0.246 e. The molecule has 0 fully saturated rings. The minimum absolute atomic E-state index is 0.0514. The Bertz CT molecular complexity index is 1060. The van der Waals surface area contributed by atoms with E-state index in [4.69, 9.17) is 0 Å². The molecule has 0 saturated heterocycles. The summed E-state index contributed by atoms with van der Waals surface area (Å²) in [5.74, 6) is 0.904. The predicted octanol–water partition coefficient (Wildman–Crippen LogP) is 4.21. The second kappa shape index (κ2) is 8.93. The quantitative estimate of drug-likeness (QED) is 0.579. The van der Waals surface area contributed by atoms with Crippen LogP contribution >= 0.6 is 11.3 Å². The molecule has 0 spiro atoms. The molecule has 1 aliphatic rings. The highest BCUT2D eigenvalue weighted by Crippen LogP contribution is 2.40. The summed E-state index contributed by atoms with van der Waals surface area (Å²) in [5.41, 5.74) is 2.41. The molecular formula is C23H27N5OS. The predicted molar refractivity (Wildman–Crippen MR) is 122 cm³/mol. The van der Waals surface area contributed by atoms with E-state index in [1.807, 2.05) is 36.0 Å². The molecule has 1 unspecified atom stereocenters. The standard InChI is InChI=1S/C23H27N5OS/c1-4-18(16-9-6-5-7-10-16)26-22-21-17-13-28(20(29)11-8-12-27(2)3)14-19(17)30-23(21)25-15-24-22/h5-11,15,18H,4,12-14H2,1-3H3,(H,24,25,26). The average Bonchev–Trinajstić information content (AvgIpc) is 3.30. The van der Waals surface area contributed by atoms with Gasteiger partial charge in [-0.3, -0.25) is 4.79 Å². The number of carbonyl (C=O) groups excluding carboxylic acids is 1. The molecule has 0 bridgehead atoms. The fourth-order valence-corrected chi connectivity index (χ4v) is 4.92. The molecule has 7 heteroatoms.